The van der Waals surface area contributed by atoms with Crippen LogP contribution in [0.2, 0.25) is 0 Å². The molecule has 1 heterocycles. The standard InChI is InChI=1S/C57H39NO/c1-57(2)51-21-10-8-18-45(51)46-30-28-42(35-52(46)57)58(41-16-12-15-38(33-41)36-13-4-3-5-14-36)40-26-23-37(24-27-40)39-25-29-44-43-17-6-7-19-47(43)55-48(50(44)34-39)31-32-54-56(55)49-20-9-11-22-53(49)59-54/h3-35H,1-2H3. The van der Waals surface area contributed by atoms with E-state index in [0.717, 1.165) is 33.6 Å². The van der Waals surface area contributed by atoms with Gasteiger partial charge in [-0.15, -0.1) is 0 Å². The van der Waals surface area contributed by atoms with Gasteiger partial charge in [0.15, 0.2) is 0 Å². The highest BCUT2D eigenvalue weighted by atomic mass is 16.3. The summed E-state index contributed by atoms with van der Waals surface area (Å²) in [5.74, 6) is 0. The van der Waals surface area contributed by atoms with Crippen LogP contribution in [0.25, 0.3) is 87.6 Å². The first-order valence-electron chi connectivity index (χ1n) is 20.5. The Labute approximate surface area is 343 Å². The van der Waals surface area contributed by atoms with Crippen molar-refractivity contribution in [2.24, 2.45) is 0 Å². The molecule has 0 saturated heterocycles. The molecule has 0 atom stereocenters. The van der Waals surface area contributed by atoms with Crippen LogP contribution in [-0.2, 0) is 5.41 Å². The summed E-state index contributed by atoms with van der Waals surface area (Å²) >= 11 is 0. The van der Waals surface area contributed by atoms with Crippen molar-refractivity contribution in [3.63, 3.8) is 0 Å². The molecule has 12 rings (SSSR count). The molecule has 2 nitrogen and oxygen atoms in total. The van der Waals surface area contributed by atoms with E-state index in [4.69, 9.17) is 4.42 Å². The van der Waals surface area contributed by atoms with Gasteiger partial charge in [-0.25, -0.2) is 0 Å². The number of hydrogen-bond acceptors (Lipinski definition) is 2. The van der Waals surface area contributed by atoms with Crippen LogP contribution in [0.3, 0.4) is 0 Å². The number of anilines is 3. The summed E-state index contributed by atoms with van der Waals surface area (Å²) in [6.45, 7) is 4.71. The SMILES string of the molecule is CC1(C)c2ccccc2-c2ccc(N(c3ccc(-c4ccc5c6ccccc6c6c(ccc7oc8ccccc8c76)c5c4)cc3)c3cccc(-c4ccccc4)c3)cc21. The van der Waals surface area contributed by atoms with Gasteiger partial charge in [-0.2, -0.15) is 0 Å². The van der Waals surface area contributed by atoms with Gasteiger partial charge < -0.3 is 9.32 Å². The molecule has 0 saturated carbocycles. The van der Waals surface area contributed by atoms with Gasteiger partial charge in [0.25, 0.3) is 0 Å². The molecule has 0 radical (unpaired) electrons. The van der Waals surface area contributed by atoms with Crippen molar-refractivity contribution in [1.82, 2.24) is 0 Å². The predicted octanol–water partition coefficient (Wildman–Crippen LogP) is 16.2. The number of hydrogen-bond donors (Lipinski definition) is 0. The molecule has 59 heavy (non-hydrogen) atoms. The third-order valence-corrected chi connectivity index (χ3v) is 12.8. The number of benzene rings is 10. The fraction of sp³-hybridized carbons (Fsp3) is 0.0526. The Morgan fingerprint density at radius 3 is 1.80 bits per heavy atom. The lowest BCUT2D eigenvalue weighted by Gasteiger charge is -2.28. The summed E-state index contributed by atoms with van der Waals surface area (Å²) in [4.78, 5) is 2.41. The second kappa shape index (κ2) is 12.8. The Morgan fingerprint density at radius 2 is 0.932 bits per heavy atom. The second-order valence-corrected chi connectivity index (χ2v) is 16.5. The van der Waals surface area contributed by atoms with Crippen LogP contribution in [0.4, 0.5) is 17.1 Å². The zero-order valence-electron chi connectivity index (χ0n) is 32.9. The summed E-state index contributed by atoms with van der Waals surface area (Å²) in [5.41, 5.74) is 15.3. The maximum absolute atomic E-state index is 6.38. The van der Waals surface area contributed by atoms with Crippen molar-refractivity contribution < 1.29 is 4.42 Å². The molecule has 1 aromatic heterocycles. The predicted molar refractivity (Wildman–Crippen MR) is 249 cm³/mol. The van der Waals surface area contributed by atoms with Crippen molar-refractivity contribution in [2.45, 2.75) is 19.3 Å². The van der Waals surface area contributed by atoms with E-state index >= 15 is 0 Å². The van der Waals surface area contributed by atoms with Gasteiger partial charge in [-0.3, -0.25) is 0 Å². The molecule has 0 aliphatic heterocycles. The summed E-state index contributed by atoms with van der Waals surface area (Å²) in [6.07, 6.45) is 0. The number of fused-ring (bicyclic) bond motifs is 13. The van der Waals surface area contributed by atoms with Gasteiger partial charge in [0.1, 0.15) is 11.2 Å². The molecule has 11 aromatic rings. The van der Waals surface area contributed by atoms with E-state index in [1.165, 1.54) is 82.2 Å². The molecule has 278 valence electrons. The highest BCUT2D eigenvalue weighted by Gasteiger charge is 2.35. The summed E-state index contributed by atoms with van der Waals surface area (Å²) < 4.78 is 6.38. The van der Waals surface area contributed by atoms with E-state index in [9.17, 15) is 0 Å². The van der Waals surface area contributed by atoms with Crippen LogP contribution < -0.4 is 4.90 Å². The topological polar surface area (TPSA) is 16.4 Å². The van der Waals surface area contributed by atoms with Crippen LogP contribution in [0.5, 0.6) is 0 Å². The summed E-state index contributed by atoms with van der Waals surface area (Å²) in [5, 5.41) is 9.82. The van der Waals surface area contributed by atoms with Gasteiger partial charge in [0.05, 0.1) is 0 Å². The Balaban J connectivity index is 1.01. The Kier molecular flexibility index (Phi) is 7.31. The minimum absolute atomic E-state index is 0.106. The van der Waals surface area contributed by atoms with E-state index in [0.29, 0.717) is 0 Å². The first kappa shape index (κ1) is 33.7. The quantitative estimate of drug-likeness (QED) is 0.163. The highest BCUT2D eigenvalue weighted by molar-refractivity contribution is 6.34. The minimum Gasteiger partial charge on any atom is -0.456 e. The van der Waals surface area contributed by atoms with E-state index in [1.807, 2.05) is 6.07 Å². The molecule has 0 unspecified atom stereocenters. The van der Waals surface area contributed by atoms with Crippen molar-refractivity contribution >= 4 is 71.3 Å². The average molecular weight is 754 g/mol. The van der Waals surface area contributed by atoms with E-state index in [-0.39, 0.29) is 5.41 Å². The fourth-order valence-corrected chi connectivity index (χ4v) is 9.98. The van der Waals surface area contributed by atoms with Crippen LogP contribution in [0.15, 0.2) is 205 Å². The smallest absolute Gasteiger partial charge is 0.136 e. The van der Waals surface area contributed by atoms with Crippen molar-refractivity contribution in [2.75, 3.05) is 4.90 Å². The summed E-state index contributed by atoms with van der Waals surface area (Å²) in [6, 6.07) is 73.2. The van der Waals surface area contributed by atoms with Crippen molar-refractivity contribution in [3.8, 4) is 33.4 Å². The van der Waals surface area contributed by atoms with E-state index in [2.05, 4.69) is 213 Å². The first-order valence-corrected chi connectivity index (χ1v) is 20.5. The molecule has 0 amide bonds. The largest absolute Gasteiger partial charge is 0.456 e. The molecule has 1 aliphatic carbocycles. The number of nitrogens with zero attached hydrogens (tertiary/aromatic N) is 1. The highest BCUT2D eigenvalue weighted by Crippen LogP contribution is 2.51. The zero-order chi connectivity index (χ0) is 39.2. The summed E-state index contributed by atoms with van der Waals surface area (Å²) in [7, 11) is 0. The fourth-order valence-electron chi connectivity index (χ4n) is 9.98. The molecule has 10 aromatic carbocycles. The lowest BCUT2D eigenvalue weighted by atomic mass is 9.82. The molecule has 2 heteroatoms. The van der Waals surface area contributed by atoms with Gasteiger partial charge in [0.2, 0.25) is 0 Å². The molecule has 0 bridgehead atoms. The molecule has 0 spiro atoms. The van der Waals surface area contributed by atoms with Gasteiger partial charge in [0, 0.05) is 38.6 Å². The normalized spacial score (nSPS) is 13.1. The number of para-hydroxylation sites is 1. The number of rotatable bonds is 5. The third-order valence-electron chi connectivity index (χ3n) is 12.8. The minimum atomic E-state index is -0.106. The van der Waals surface area contributed by atoms with Crippen molar-refractivity contribution in [3.05, 3.63) is 211 Å². The van der Waals surface area contributed by atoms with Crippen molar-refractivity contribution in [1.29, 1.82) is 0 Å². The molecular formula is C57H39NO. The van der Waals surface area contributed by atoms with Gasteiger partial charge in [-0.05, 0) is 132 Å². The van der Waals surface area contributed by atoms with Crippen LogP contribution in [-0.4, -0.2) is 0 Å². The van der Waals surface area contributed by atoms with Crippen LogP contribution >= 0.6 is 0 Å². The second-order valence-electron chi connectivity index (χ2n) is 16.5. The van der Waals surface area contributed by atoms with Crippen LogP contribution in [0, 0.1) is 0 Å². The third kappa shape index (κ3) is 5.13. The zero-order valence-corrected chi connectivity index (χ0v) is 32.9. The molecule has 0 fully saturated rings. The Bertz CT molecular complexity index is 3460. The molecule has 0 N–H and O–H groups in total. The average Bonchev–Trinajstić information content (AvgIpc) is 3.79. The van der Waals surface area contributed by atoms with E-state index < -0.39 is 0 Å². The monoisotopic (exact) mass is 753 g/mol. The molecular weight excluding hydrogens is 715 g/mol. The van der Waals surface area contributed by atoms with Gasteiger partial charge >= 0.3 is 0 Å². The Hall–Kier alpha value is -7.42. The lowest BCUT2D eigenvalue weighted by molar-refractivity contribution is 0.660. The van der Waals surface area contributed by atoms with E-state index in [1.54, 1.807) is 0 Å². The maximum Gasteiger partial charge on any atom is 0.136 e. The first-order chi connectivity index (χ1) is 29.0. The van der Waals surface area contributed by atoms with Crippen LogP contribution in [0.1, 0.15) is 25.0 Å². The Morgan fingerprint density at radius 1 is 0.339 bits per heavy atom. The molecule has 1 aliphatic rings. The maximum atomic E-state index is 6.38. The lowest BCUT2D eigenvalue weighted by Crippen LogP contribution is -2.16. The van der Waals surface area contributed by atoms with Gasteiger partial charge in [-0.1, -0.05) is 153 Å². The number of furan rings is 1.